The Balaban J connectivity index is 2.18. The van der Waals surface area contributed by atoms with Gasteiger partial charge in [-0.15, -0.1) is 11.3 Å². The van der Waals surface area contributed by atoms with Gasteiger partial charge in [-0.3, -0.25) is 0 Å². The summed E-state index contributed by atoms with van der Waals surface area (Å²) < 4.78 is 30.6. The fraction of sp³-hybridized carbons (Fsp3) is 0.0909. The zero-order valence-electron chi connectivity index (χ0n) is 8.74. The van der Waals surface area contributed by atoms with Crippen LogP contribution in [0.15, 0.2) is 23.6 Å². The lowest BCUT2D eigenvalue weighted by atomic mass is 10.3. The first-order chi connectivity index (χ1) is 8.06. The number of carbonyl (C=O) groups excluding carboxylic acids is 1. The third-order valence-electron chi connectivity index (χ3n) is 1.92. The second-order valence-corrected chi connectivity index (χ2v) is 4.28. The number of esters is 1. The van der Waals surface area contributed by atoms with Crippen molar-refractivity contribution in [2.45, 2.75) is 6.92 Å². The van der Waals surface area contributed by atoms with Crippen molar-refractivity contribution >= 4 is 17.3 Å². The van der Waals surface area contributed by atoms with Gasteiger partial charge in [0, 0.05) is 11.4 Å². The maximum atomic E-state index is 13.2. The Kier molecular flexibility index (Phi) is 3.14. The SMILES string of the molecule is Cc1nc(C(=O)Oc2ccc(F)cc2F)cs1. The summed E-state index contributed by atoms with van der Waals surface area (Å²) in [4.78, 5) is 15.4. The second-order valence-electron chi connectivity index (χ2n) is 3.22. The van der Waals surface area contributed by atoms with Gasteiger partial charge in [0.15, 0.2) is 17.3 Å². The molecule has 0 saturated carbocycles. The molecule has 0 bridgehead atoms. The highest BCUT2D eigenvalue weighted by molar-refractivity contribution is 7.09. The molecule has 0 fully saturated rings. The molecule has 0 unspecified atom stereocenters. The normalized spacial score (nSPS) is 10.3. The molecular formula is C11H7F2NO2S. The van der Waals surface area contributed by atoms with Gasteiger partial charge in [0.2, 0.25) is 0 Å². The lowest BCUT2D eigenvalue weighted by Crippen LogP contribution is -2.10. The summed E-state index contributed by atoms with van der Waals surface area (Å²) in [6.07, 6.45) is 0. The molecule has 0 saturated heterocycles. The molecule has 2 rings (SSSR count). The number of ether oxygens (including phenoxy) is 1. The minimum absolute atomic E-state index is 0.108. The van der Waals surface area contributed by atoms with E-state index in [-0.39, 0.29) is 11.4 Å². The van der Waals surface area contributed by atoms with Crippen molar-refractivity contribution in [3.63, 3.8) is 0 Å². The van der Waals surface area contributed by atoms with E-state index < -0.39 is 17.6 Å². The summed E-state index contributed by atoms with van der Waals surface area (Å²) >= 11 is 1.28. The van der Waals surface area contributed by atoms with Gasteiger partial charge in [0.25, 0.3) is 0 Å². The van der Waals surface area contributed by atoms with Crippen molar-refractivity contribution in [3.8, 4) is 5.75 Å². The van der Waals surface area contributed by atoms with Gasteiger partial charge < -0.3 is 4.74 Å². The van der Waals surface area contributed by atoms with Crippen LogP contribution < -0.4 is 4.74 Å². The van der Waals surface area contributed by atoms with Crippen LogP contribution in [-0.4, -0.2) is 11.0 Å². The maximum absolute atomic E-state index is 13.2. The number of hydrogen-bond donors (Lipinski definition) is 0. The van der Waals surface area contributed by atoms with Crippen LogP contribution in [0.25, 0.3) is 0 Å². The zero-order valence-corrected chi connectivity index (χ0v) is 9.55. The number of nitrogens with zero attached hydrogens (tertiary/aromatic N) is 1. The van der Waals surface area contributed by atoms with Crippen molar-refractivity contribution < 1.29 is 18.3 Å². The number of aromatic nitrogens is 1. The molecule has 0 aliphatic rings. The van der Waals surface area contributed by atoms with E-state index in [4.69, 9.17) is 4.74 Å². The molecular weight excluding hydrogens is 248 g/mol. The van der Waals surface area contributed by atoms with Gasteiger partial charge in [0.05, 0.1) is 5.01 Å². The predicted molar refractivity (Wildman–Crippen MR) is 58.2 cm³/mol. The molecule has 0 N–H and O–H groups in total. The van der Waals surface area contributed by atoms with Gasteiger partial charge in [0.1, 0.15) is 5.82 Å². The van der Waals surface area contributed by atoms with Gasteiger partial charge in [-0.25, -0.2) is 18.6 Å². The third kappa shape index (κ3) is 2.65. The smallest absolute Gasteiger partial charge is 0.363 e. The van der Waals surface area contributed by atoms with Crippen molar-refractivity contribution in [2.75, 3.05) is 0 Å². The number of halogens is 2. The highest BCUT2D eigenvalue weighted by Gasteiger charge is 2.14. The van der Waals surface area contributed by atoms with E-state index in [1.54, 1.807) is 6.92 Å². The van der Waals surface area contributed by atoms with Crippen molar-refractivity contribution in [3.05, 3.63) is 45.9 Å². The van der Waals surface area contributed by atoms with E-state index in [1.807, 2.05) is 0 Å². The van der Waals surface area contributed by atoms with E-state index >= 15 is 0 Å². The molecule has 1 aromatic heterocycles. The van der Waals surface area contributed by atoms with E-state index in [9.17, 15) is 13.6 Å². The summed E-state index contributed by atoms with van der Waals surface area (Å²) in [5.41, 5.74) is 0.108. The van der Waals surface area contributed by atoms with Crippen LogP contribution >= 0.6 is 11.3 Å². The molecule has 17 heavy (non-hydrogen) atoms. The van der Waals surface area contributed by atoms with E-state index in [0.29, 0.717) is 11.1 Å². The van der Waals surface area contributed by atoms with E-state index in [0.717, 1.165) is 12.1 Å². The summed E-state index contributed by atoms with van der Waals surface area (Å²) in [7, 11) is 0. The van der Waals surface area contributed by atoms with Crippen LogP contribution in [-0.2, 0) is 0 Å². The first-order valence-electron chi connectivity index (χ1n) is 4.65. The molecule has 0 atom stereocenters. The van der Waals surface area contributed by atoms with Crippen molar-refractivity contribution in [2.24, 2.45) is 0 Å². The highest BCUT2D eigenvalue weighted by atomic mass is 32.1. The van der Waals surface area contributed by atoms with Crippen LogP contribution in [0, 0.1) is 18.6 Å². The fourth-order valence-electron chi connectivity index (χ4n) is 1.17. The summed E-state index contributed by atoms with van der Waals surface area (Å²) in [6, 6.07) is 2.72. The molecule has 2 aromatic rings. The molecule has 0 aliphatic heterocycles. The highest BCUT2D eigenvalue weighted by Crippen LogP contribution is 2.19. The minimum atomic E-state index is -0.926. The Labute approximate surface area is 99.7 Å². The number of thiazole rings is 1. The Hall–Kier alpha value is -1.82. The van der Waals surface area contributed by atoms with Crippen LogP contribution in [0.3, 0.4) is 0 Å². The first-order valence-corrected chi connectivity index (χ1v) is 5.53. The molecule has 6 heteroatoms. The third-order valence-corrected chi connectivity index (χ3v) is 2.70. The molecule has 1 aromatic carbocycles. The largest absolute Gasteiger partial charge is 0.419 e. The lowest BCUT2D eigenvalue weighted by molar-refractivity contribution is 0.0722. The van der Waals surface area contributed by atoms with Crippen LogP contribution in [0.2, 0.25) is 0 Å². The minimum Gasteiger partial charge on any atom is -0.419 e. The topological polar surface area (TPSA) is 39.2 Å². The zero-order chi connectivity index (χ0) is 12.4. The Bertz CT molecular complexity index is 568. The Morgan fingerprint density at radius 1 is 1.41 bits per heavy atom. The predicted octanol–water partition coefficient (Wildman–Crippen LogP) is 2.95. The van der Waals surface area contributed by atoms with Crippen molar-refractivity contribution in [1.82, 2.24) is 4.98 Å². The van der Waals surface area contributed by atoms with E-state index in [1.165, 1.54) is 16.7 Å². The van der Waals surface area contributed by atoms with Gasteiger partial charge in [-0.1, -0.05) is 0 Å². The monoisotopic (exact) mass is 255 g/mol. The van der Waals surface area contributed by atoms with Crippen molar-refractivity contribution in [1.29, 1.82) is 0 Å². The van der Waals surface area contributed by atoms with Crippen LogP contribution in [0.4, 0.5) is 8.78 Å². The molecule has 3 nitrogen and oxygen atoms in total. The summed E-state index contributed by atoms with van der Waals surface area (Å²) in [6.45, 7) is 1.74. The molecule has 0 amide bonds. The van der Waals surface area contributed by atoms with Crippen LogP contribution in [0.5, 0.6) is 5.75 Å². The average Bonchev–Trinajstić information content (AvgIpc) is 2.69. The Morgan fingerprint density at radius 3 is 2.76 bits per heavy atom. The molecule has 1 heterocycles. The quantitative estimate of drug-likeness (QED) is 0.611. The molecule has 0 aliphatic carbocycles. The lowest BCUT2D eigenvalue weighted by Gasteiger charge is -2.03. The molecule has 88 valence electrons. The Morgan fingerprint density at radius 2 is 2.18 bits per heavy atom. The second kappa shape index (κ2) is 4.58. The first kappa shape index (κ1) is 11.7. The number of rotatable bonds is 2. The number of benzene rings is 1. The maximum Gasteiger partial charge on any atom is 0.363 e. The van der Waals surface area contributed by atoms with Gasteiger partial charge in [-0.2, -0.15) is 0 Å². The average molecular weight is 255 g/mol. The molecule has 0 spiro atoms. The van der Waals surface area contributed by atoms with E-state index in [2.05, 4.69) is 4.98 Å². The summed E-state index contributed by atoms with van der Waals surface area (Å²) in [5.74, 6) is -2.74. The number of carbonyl (C=O) groups is 1. The van der Waals surface area contributed by atoms with Crippen LogP contribution in [0.1, 0.15) is 15.5 Å². The number of hydrogen-bond acceptors (Lipinski definition) is 4. The molecule has 0 radical (unpaired) electrons. The fourth-order valence-corrected chi connectivity index (χ4v) is 1.75. The standard InChI is InChI=1S/C11H7F2NO2S/c1-6-14-9(5-17-6)11(15)16-10-3-2-7(12)4-8(10)13/h2-5H,1H3. The summed E-state index contributed by atoms with van der Waals surface area (Å²) in [5, 5.41) is 2.22. The van der Waals surface area contributed by atoms with Gasteiger partial charge in [-0.05, 0) is 19.1 Å². The number of aryl methyl sites for hydroxylation is 1. The van der Waals surface area contributed by atoms with Gasteiger partial charge >= 0.3 is 5.97 Å².